The molecule has 0 spiro atoms. The Morgan fingerprint density at radius 2 is 1.67 bits per heavy atom. The van der Waals surface area contributed by atoms with Gasteiger partial charge in [0.25, 0.3) is 0 Å². The lowest BCUT2D eigenvalue weighted by atomic mass is 10.1. The number of carbonyl (C=O) groups excluding carboxylic acids is 2. The van der Waals surface area contributed by atoms with Crippen LogP contribution in [-0.4, -0.2) is 25.0 Å². The minimum atomic E-state index is -0.236. The molecule has 0 atom stereocenters. The summed E-state index contributed by atoms with van der Waals surface area (Å²) in [5.74, 6) is -0.199. The maximum absolute atomic E-state index is 11.4. The van der Waals surface area contributed by atoms with Crippen molar-refractivity contribution in [2.45, 2.75) is 65.2 Å². The van der Waals surface area contributed by atoms with Crippen LogP contribution in [0.15, 0.2) is 0 Å². The highest BCUT2D eigenvalue weighted by Gasteiger charge is 2.04. The maximum atomic E-state index is 11.4. The van der Waals surface area contributed by atoms with Crippen molar-refractivity contribution < 1.29 is 14.3 Å². The largest absolute Gasteiger partial charge is 0.466 e. The van der Waals surface area contributed by atoms with Gasteiger partial charge in [-0.3, -0.25) is 9.59 Å². The van der Waals surface area contributed by atoms with Crippen LogP contribution in [0.4, 0.5) is 0 Å². The molecular formula is C14H27NO3. The summed E-state index contributed by atoms with van der Waals surface area (Å²) >= 11 is 0. The van der Waals surface area contributed by atoms with E-state index in [0.717, 1.165) is 19.3 Å². The number of amides is 1. The molecule has 0 aromatic heterocycles. The average Bonchev–Trinajstić information content (AvgIpc) is 2.36. The standard InChI is InChI=1S/C14H27NO3/c1-3-5-6-7-8-9-13(16)15-11-10-14(17)18-12-4-2/h3-12H2,1-2H3,(H,15,16). The first-order valence-electron chi connectivity index (χ1n) is 7.13. The molecule has 4 heteroatoms. The number of hydrogen-bond acceptors (Lipinski definition) is 3. The molecule has 0 aliphatic rings. The zero-order valence-corrected chi connectivity index (χ0v) is 11.8. The molecule has 106 valence electrons. The van der Waals surface area contributed by atoms with Crippen molar-refractivity contribution in [3.63, 3.8) is 0 Å². The van der Waals surface area contributed by atoms with Crippen LogP contribution in [0, 0.1) is 0 Å². The Morgan fingerprint density at radius 1 is 0.944 bits per heavy atom. The second kappa shape index (κ2) is 12.4. The molecule has 1 N–H and O–H groups in total. The van der Waals surface area contributed by atoms with Crippen LogP contribution in [0.1, 0.15) is 65.2 Å². The monoisotopic (exact) mass is 257 g/mol. The lowest BCUT2D eigenvalue weighted by Crippen LogP contribution is -2.26. The van der Waals surface area contributed by atoms with Gasteiger partial charge in [-0.1, -0.05) is 39.5 Å². The van der Waals surface area contributed by atoms with E-state index in [0.29, 0.717) is 19.6 Å². The Hall–Kier alpha value is -1.06. The number of esters is 1. The molecular weight excluding hydrogens is 230 g/mol. The summed E-state index contributed by atoms with van der Waals surface area (Å²) in [7, 11) is 0. The molecule has 0 unspecified atom stereocenters. The quantitative estimate of drug-likeness (QED) is 0.457. The highest BCUT2D eigenvalue weighted by atomic mass is 16.5. The van der Waals surface area contributed by atoms with Crippen LogP contribution in [-0.2, 0) is 14.3 Å². The highest BCUT2D eigenvalue weighted by molar-refractivity contribution is 5.76. The highest BCUT2D eigenvalue weighted by Crippen LogP contribution is 2.04. The van der Waals surface area contributed by atoms with E-state index in [9.17, 15) is 9.59 Å². The predicted octanol–water partition coefficient (Wildman–Crippen LogP) is 2.81. The van der Waals surface area contributed by atoms with E-state index in [1.54, 1.807) is 0 Å². The number of hydrogen-bond donors (Lipinski definition) is 1. The SMILES string of the molecule is CCCCCCCC(=O)NCCC(=O)OCCC. The molecule has 0 heterocycles. The summed E-state index contributed by atoms with van der Waals surface area (Å²) in [5, 5.41) is 2.74. The second-order valence-electron chi connectivity index (χ2n) is 4.48. The van der Waals surface area contributed by atoms with E-state index in [2.05, 4.69) is 12.2 Å². The van der Waals surface area contributed by atoms with Gasteiger partial charge in [0.2, 0.25) is 5.91 Å². The molecule has 0 aromatic rings. The Labute approximate surface area is 110 Å². The van der Waals surface area contributed by atoms with Gasteiger partial charge in [-0.25, -0.2) is 0 Å². The van der Waals surface area contributed by atoms with E-state index in [1.165, 1.54) is 19.3 Å². The third kappa shape index (κ3) is 11.4. The molecule has 0 bridgehead atoms. The van der Waals surface area contributed by atoms with Crippen LogP contribution in [0.3, 0.4) is 0 Å². The molecule has 0 radical (unpaired) electrons. The Bertz CT molecular complexity index is 229. The molecule has 0 saturated carbocycles. The van der Waals surface area contributed by atoms with Crippen LogP contribution >= 0.6 is 0 Å². The number of ether oxygens (including phenoxy) is 1. The minimum Gasteiger partial charge on any atom is -0.466 e. The molecule has 0 saturated heterocycles. The Kier molecular flexibility index (Phi) is 11.7. The first-order chi connectivity index (χ1) is 8.70. The molecule has 0 aliphatic carbocycles. The van der Waals surface area contributed by atoms with Crippen LogP contribution in [0.5, 0.6) is 0 Å². The van der Waals surface area contributed by atoms with E-state index < -0.39 is 0 Å². The lowest BCUT2D eigenvalue weighted by Gasteiger charge is -2.05. The van der Waals surface area contributed by atoms with Crippen molar-refractivity contribution in [3.8, 4) is 0 Å². The van der Waals surface area contributed by atoms with Crippen molar-refractivity contribution >= 4 is 11.9 Å². The predicted molar refractivity (Wildman–Crippen MR) is 72.3 cm³/mol. The van der Waals surface area contributed by atoms with Crippen LogP contribution in [0.25, 0.3) is 0 Å². The Balaban J connectivity index is 3.33. The normalized spacial score (nSPS) is 10.1. The molecule has 0 aromatic carbocycles. The Morgan fingerprint density at radius 3 is 2.33 bits per heavy atom. The number of rotatable bonds is 11. The summed E-state index contributed by atoms with van der Waals surface area (Å²) in [6.45, 7) is 4.97. The van der Waals surface area contributed by atoms with Crippen molar-refractivity contribution in [3.05, 3.63) is 0 Å². The third-order valence-corrected chi connectivity index (χ3v) is 2.63. The molecule has 18 heavy (non-hydrogen) atoms. The first kappa shape index (κ1) is 16.9. The van der Waals surface area contributed by atoms with Crippen molar-refractivity contribution in [1.29, 1.82) is 0 Å². The second-order valence-corrected chi connectivity index (χ2v) is 4.48. The van der Waals surface area contributed by atoms with Gasteiger partial charge in [-0.2, -0.15) is 0 Å². The number of nitrogens with one attached hydrogen (secondary N) is 1. The van der Waals surface area contributed by atoms with Gasteiger partial charge in [0.1, 0.15) is 0 Å². The summed E-state index contributed by atoms with van der Waals surface area (Å²) in [4.78, 5) is 22.6. The lowest BCUT2D eigenvalue weighted by molar-refractivity contribution is -0.143. The third-order valence-electron chi connectivity index (χ3n) is 2.63. The summed E-state index contributed by atoms with van der Waals surface area (Å²) in [6.07, 6.45) is 7.36. The molecule has 0 fully saturated rings. The van der Waals surface area contributed by atoms with Crippen LogP contribution < -0.4 is 5.32 Å². The summed E-state index contributed by atoms with van der Waals surface area (Å²) in [5.41, 5.74) is 0. The zero-order valence-electron chi connectivity index (χ0n) is 11.8. The van der Waals surface area contributed by atoms with E-state index >= 15 is 0 Å². The van der Waals surface area contributed by atoms with Gasteiger partial charge >= 0.3 is 5.97 Å². The first-order valence-corrected chi connectivity index (χ1v) is 7.13. The van der Waals surface area contributed by atoms with Gasteiger partial charge < -0.3 is 10.1 Å². The fourth-order valence-corrected chi connectivity index (χ4v) is 1.57. The number of carbonyl (C=O) groups is 2. The summed E-state index contributed by atoms with van der Waals surface area (Å²) < 4.78 is 4.91. The molecule has 1 amide bonds. The molecule has 0 aliphatic heterocycles. The van der Waals surface area contributed by atoms with Gasteiger partial charge in [-0.05, 0) is 12.8 Å². The van der Waals surface area contributed by atoms with Crippen molar-refractivity contribution in [2.75, 3.05) is 13.2 Å². The minimum absolute atomic E-state index is 0.0368. The van der Waals surface area contributed by atoms with E-state index in [4.69, 9.17) is 4.74 Å². The topological polar surface area (TPSA) is 55.4 Å². The van der Waals surface area contributed by atoms with Crippen molar-refractivity contribution in [2.24, 2.45) is 0 Å². The van der Waals surface area contributed by atoms with Gasteiger partial charge in [-0.15, -0.1) is 0 Å². The van der Waals surface area contributed by atoms with Gasteiger partial charge in [0.05, 0.1) is 13.0 Å². The summed E-state index contributed by atoms with van der Waals surface area (Å²) in [6, 6.07) is 0. The van der Waals surface area contributed by atoms with E-state index in [-0.39, 0.29) is 18.3 Å². The van der Waals surface area contributed by atoms with Gasteiger partial charge in [0.15, 0.2) is 0 Å². The molecule has 4 nitrogen and oxygen atoms in total. The van der Waals surface area contributed by atoms with Crippen molar-refractivity contribution in [1.82, 2.24) is 5.32 Å². The average molecular weight is 257 g/mol. The zero-order chi connectivity index (χ0) is 13.6. The van der Waals surface area contributed by atoms with E-state index in [1.807, 2.05) is 6.92 Å². The smallest absolute Gasteiger partial charge is 0.307 e. The fourth-order valence-electron chi connectivity index (χ4n) is 1.57. The number of unbranched alkanes of at least 4 members (excludes halogenated alkanes) is 4. The molecule has 0 rings (SSSR count). The van der Waals surface area contributed by atoms with Gasteiger partial charge in [0, 0.05) is 13.0 Å². The fraction of sp³-hybridized carbons (Fsp3) is 0.857. The maximum Gasteiger partial charge on any atom is 0.307 e. The van der Waals surface area contributed by atoms with Crippen LogP contribution in [0.2, 0.25) is 0 Å².